The monoisotopic (exact) mass is 410 g/mol. The van der Waals surface area contributed by atoms with Crippen LogP contribution >= 0.6 is 0 Å². The molecule has 4 heteroatoms. The summed E-state index contributed by atoms with van der Waals surface area (Å²) in [6.07, 6.45) is 0.990. The van der Waals surface area contributed by atoms with Crippen molar-refractivity contribution in [2.75, 3.05) is 26.2 Å². The van der Waals surface area contributed by atoms with Gasteiger partial charge in [-0.05, 0) is 53.7 Å². The lowest BCUT2D eigenvalue weighted by atomic mass is 9.86. The molecule has 1 N–H and O–H groups in total. The predicted octanol–water partition coefficient (Wildman–Crippen LogP) is 5.12. The normalized spacial score (nSPS) is 12.6. The molecule has 2 aromatic carbocycles. The van der Waals surface area contributed by atoms with Crippen molar-refractivity contribution in [2.45, 2.75) is 59.4 Å². The Hall–Kier alpha value is -2.33. The minimum Gasteiger partial charge on any atom is -0.484 e. The molecule has 0 fully saturated rings. The standard InChI is InChI=1S/C26H38N2O2/c1-7-20-10-16-23(17-11-20)30-19-25(29)27-18-24(28(8-2)9-3)21-12-14-22(15-13-21)26(4,5)6/h10-17,24H,7-9,18-19H2,1-6H3,(H,27,29). The zero-order valence-electron chi connectivity index (χ0n) is 19.5. The smallest absolute Gasteiger partial charge is 0.258 e. The van der Waals surface area contributed by atoms with E-state index in [1.807, 2.05) is 24.3 Å². The lowest BCUT2D eigenvalue weighted by molar-refractivity contribution is -0.123. The zero-order valence-corrected chi connectivity index (χ0v) is 19.5. The van der Waals surface area contributed by atoms with Crippen LogP contribution in [0, 0.1) is 0 Å². The van der Waals surface area contributed by atoms with Gasteiger partial charge in [0.1, 0.15) is 5.75 Å². The molecule has 0 bridgehead atoms. The Morgan fingerprint density at radius 3 is 2.07 bits per heavy atom. The van der Waals surface area contributed by atoms with Gasteiger partial charge in [-0.1, -0.05) is 77.9 Å². The molecular weight excluding hydrogens is 372 g/mol. The van der Waals surface area contributed by atoms with E-state index in [2.05, 4.69) is 76.0 Å². The Morgan fingerprint density at radius 2 is 1.57 bits per heavy atom. The SMILES string of the molecule is CCc1ccc(OCC(=O)NCC(c2ccc(C(C)(C)C)cc2)N(CC)CC)cc1. The number of nitrogens with one attached hydrogen (secondary N) is 1. The Morgan fingerprint density at radius 1 is 0.967 bits per heavy atom. The second-order valence-electron chi connectivity index (χ2n) is 8.70. The topological polar surface area (TPSA) is 41.6 Å². The first-order valence-electron chi connectivity index (χ1n) is 11.1. The van der Waals surface area contributed by atoms with Gasteiger partial charge >= 0.3 is 0 Å². The van der Waals surface area contributed by atoms with Gasteiger partial charge in [-0.25, -0.2) is 0 Å². The minimum atomic E-state index is -0.0990. The molecule has 0 saturated heterocycles. The molecule has 4 nitrogen and oxygen atoms in total. The molecule has 1 atom stereocenters. The van der Waals surface area contributed by atoms with E-state index in [4.69, 9.17) is 4.74 Å². The van der Waals surface area contributed by atoms with Crippen molar-refractivity contribution in [1.29, 1.82) is 0 Å². The molecule has 0 spiro atoms. The first-order valence-corrected chi connectivity index (χ1v) is 11.1. The van der Waals surface area contributed by atoms with Crippen LogP contribution < -0.4 is 10.1 Å². The van der Waals surface area contributed by atoms with Gasteiger partial charge in [0.2, 0.25) is 0 Å². The van der Waals surface area contributed by atoms with Crippen LogP contribution in [0.5, 0.6) is 5.75 Å². The molecule has 1 unspecified atom stereocenters. The molecule has 1 amide bonds. The molecule has 0 aromatic heterocycles. The van der Waals surface area contributed by atoms with Crippen molar-refractivity contribution in [3.63, 3.8) is 0 Å². The highest BCUT2D eigenvalue weighted by Gasteiger charge is 2.20. The van der Waals surface area contributed by atoms with Crippen LogP contribution in [0.4, 0.5) is 0 Å². The lowest BCUT2D eigenvalue weighted by Crippen LogP contribution is -2.39. The summed E-state index contributed by atoms with van der Waals surface area (Å²) in [4.78, 5) is 14.8. The minimum absolute atomic E-state index is 0.0272. The van der Waals surface area contributed by atoms with Crippen LogP contribution in [0.3, 0.4) is 0 Å². The van der Waals surface area contributed by atoms with E-state index in [1.165, 1.54) is 16.7 Å². The predicted molar refractivity (Wildman–Crippen MR) is 125 cm³/mol. The number of aryl methyl sites for hydroxylation is 1. The summed E-state index contributed by atoms with van der Waals surface area (Å²) in [5.41, 5.74) is 3.93. The number of hydrogen-bond donors (Lipinski definition) is 1. The highest BCUT2D eigenvalue weighted by molar-refractivity contribution is 5.77. The van der Waals surface area contributed by atoms with Gasteiger partial charge in [0.25, 0.3) is 5.91 Å². The van der Waals surface area contributed by atoms with Gasteiger partial charge in [-0.3, -0.25) is 9.69 Å². The summed E-state index contributed by atoms with van der Waals surface area (Å²) >= 11 is 0. The summed E-state index contributed by atoms with van der Waals surface area (Å²) in [6.45, 7) is 15.5. The molecule has 0 aliphatic carbocycles. The first-order chi connectivity index (χ1) is 14.3. The average Bonchev–Trinajstić information content (AvgIpc) is 2.75. The number of carbonyl (C=O) groups excluding carboxylic acids is 1. The summed E-state index contributed by atoms with van der Waals surface area (Å²) in [7, 11) is 0. The van der Waals surface area contributed by atoms with Gasteiger partial charge in [0.15, 0.2) is 6.61 Å². The van der Waals surface area contributed by atoms with E-state index in [9.17, 15) is 4.79 Å². The van der Waals surface area contributed by atoms with E-state index < -0.39 is 0 Å². The van der Waals surface area contributed by atoms with Crippen LogP contribution in [0.2, 0.25) is 0 Å². The van der Waals surface area contributed by atoms with E-state index in [-0.39, 0.29) is 24.0 Å². The highest BCUT2D eigenvalue weighted by Crippen LogP contribution is 2.26. The van der Waals surface area contributed by atoms with Crippen molar-refractivity contribution >= 4 is 5.91 Å². The fourth-order valence-corrected chi connectivity index (χ4v) is 3.56. The third-order valence-electron chi connectivity index (χ3n) is 5.61. The fourth-order valence-electron chi connectivity index (χ4n) is 3.56. The highest BCUT2D eigenvalue weighted by atomic mass is 16.5. The maximum atomic E-state index is 12.4. The summed E-state index contributed by atoms with van der Waals surface area (Å²) in [5, 5.41) is 3.06. The molecule has 0 radical (unpaired) electrons. The molecule has 164 valence electrons. The fraction of sp³-hybridized carbons (Fsp3) is 0.500. The van der Waals surface area contributed by atoms with E-state index >= 15 is 0 Å². The molecule has 2 rings (SSSR count). The maximum Gasteiger partial charge on any atom is 0.258 e. The second-order valence-corrected chi connectivity index (χ2v) is 8.70. The van der Waals surface area contributed by atoms with E-state index in [0.29, 0.717) is 6.54 Å². The number of hydrogen-bond acceptors (Lipinski definition) is 3. The number of nitrogens with zero attached hydrogens (tertiary/aromatic N) is 1. The quantitative estimate of drug-likeness (QED) is 0.591. The molecule has 0 aliphatic rings. The van der Waals surface area contributed by atoms with Crippen molar-refractivity contribution < 1.29 is 9.53 Å². The summed E-state index contributed by atoms with van der Waals surface area (Å²) < 4.78 is 5.65. The van der Waals surface area contributed by atoms with Gasteiger partial charge in [-0.2, -0.15) is 0 Å². The van der Waals surface area contributed by atoms with Gasteiger partial charge < -0.3 is 10.1 Å². The molecule has 0 heterocycles. The second kappa shape index (κ2) is 11.2. The third-order valence-corrected chi connectivity index (χ3v) is 5.61. The van der Waals surface area contributed by atoms with Crippen molar-refractivity contribution in [3.8, 4) is 5.75 Å². The zero-order chi connectivity index (χ0) is 22.1. The van der Waals surface area contributed by atoms with Crippen molar-refractivity contribution in [2.24, 2.45) is 0 Å². The number of carbonyl (C=O) groups is 1. The van der Waals surface area contributed by atoms with Gasteiger partial charge in [0.05, 0.1) is 6.04 Å². The third kappa shape index (κ3) is 6.88. The van der Waals surface area contributed by atoms with E-state index in [0.717, 1.165) is 25.3 Å². The molecule has 2 aromatic rings. The van der Waals surface area contributed by atoms with Crippen LogP contribution in [-0.2, 0) is 16.6 Å². The van der Waals surface area contributed by atoms with Crippen molar-refractivity contribution in [1.82, 2.24) is 10.2 Å². The van der Waals surface area contributed by atoms with Crippen LogP contribution in [0.15, 0.2) is 48.5 Å². The number of benzene rings is 2. The maximum absolute atomic E-state index is 12.4. The van der Waals surface area contributed by atoms with Crippen LogP contribution in [0.1, 0.15) is 64.3 Å². The Kier molecular flexibility index (Phi) is 8.91. The molecule has 0 aliphatic heterocycles. The molecule has 0 saturated carbocycles. The average molecular weight is 411 g/mol. The van der Waals surface area contributed by atoms with Crippen LogP contribution in [-0.4, -0.2) is 37.0 Å². The summed E-state index contributed by atoms with van der Waals surface area (Å²) in [5.74, 6) is 0.624. The number of amides is 1. The number of likely N-dealkylation sites (N-methyl/N-ethyl adjacent to an activating group) is 1. The molecule has 30 heavy (non-hydrogen) atoms. The number of ether oxygens (including phenoxy) is 1. The summed E-state index contributed by atoms with van der Waals surface area (Å²) in [6, 6.07) is 16.8. The van der Waals surface area contributed by atoms with Gasteiger partial charge in [0, 0.05) is 6.54 Å². The Bertz CT molecular complexity index is 772. The largest absolute Gasteiger partial charge is 0.484 e. The Labute approximate surface area is 182 Å². The van der Waals surface area contributed by atoms with Crippen molar-refractivity contribution in [3.05, 3.63) is 65.2 Å². The van der Waals surface area contributed by atoms with E-state index in [1.54, 1.807) is 0 Å². The Balaban J connectivity index is 1.99. The number of rotatable bonds is 10. The lowest BCUT2D eigenvalue weighted by Gasteiger charge is -2.31. The first kappa shape index (κ1) is 23.9. The van der Waals surface area contributed by atoms with Crippen LogP contribution in [0.25, 0.3) is 0 Å². The van der Waals surface area contributed by atoms with Gasteiger partial charge in [-0.15, -0.1) is 0 Å². The molecular formula is C26H38N2O2.